The Balaban J connectivity index is 2.06. The molecule has 164 valence electrons. The molecule has 9 nitrogen and oxygen atoms in total. The Kier molecular flexibility index (Phi) is 5.96. The molecule has 0 amide bonds. The van der Waals surface area contributed by atoms with Crippen molar-refractivity contribution in [2.45, 2.75) is 26.1 Å². The molecule has 0 bridgehead atoms. The van der Waals surface area contributed by atoms with E-state index >= 15 is 0 Å². The third kappa shape index (κ3) is 4.64. The van der Waals surface area contributed by atoms with E-state index in [1.54, 1.807) is 13.8 Å². The molecule has 1 aromatic carbocycles. The van der Waals surface area contributed by atoms with Gasteiger partial charge in [-0.25, -0.2) is 9.48 Å². The van der Waals surface area contributed by atoms with Crippen LogP contribution in [0, 0.1) is 0 Å². The molecular weight excluding hydrogens is 466 g/mol. The summed E-state index contributed by atoms with van der Waals surface area (Å²) in [6, 6.07) is 4.37. The second-order valence-corrected chi connectivity index (χ2v) is 7.22. The van der Waals surface area contributed by atoms with Crippen molar-refractivity contribution in [1.82, 2.24) is 24.5 Å². The number of aromatic amines is 1. The van der Waals surface area contributed by atoms with Crippen LogP contribution in [0.3, 0.4) is 0 Å². The van der Waals surface area contributed by atoms with Crippen molar-refractivity contribution >= 4 is 23.2 Å². The Morgan fingerprint density at radius 1 is 1.06 bits per heavy atom. The SMILES string of the molecule is CC(C)n1nc(Oc2c(Cl)cc(-n3nc(C(F)(F)F)c(=O)[nH]c3=O)cc2Cl)ccc1=O. The molecule has 0 fully saturated rings. The van der Waals surface area contributed by atoms with Crippen molar-refractivity contribution < 1.29 is 17.9 Å². The van der Waals surface area contributed by atoms with Gasteiger partial charge in [-0.3, -0.25) is 14.6 Å². The van der Waals surface area contributed by atoms with Crippen LogP contribution in [-0.4, -0.2) is 24.5 Å². The molecule has 3 rings (SSSR count). The van der Waals surface area contributed by atoms with Crippen molar-refractivity contribution in [2.24, 2.45) is 0 Å². The number of H-pyrrole nitrogens is 1. The summed E-state index contributed by atoms with van der Waals surface area (Å²) in [4.78, 5) is 36.7. The van der Waals surface area contributed by atoms with E-state index in [0.29, 0.717) is 4.68 Å². The topological polar surface area (TPSA) is 112 Å². The summed E-state index contributed by atoms with van der Waals surface area (Å²) >= 11 is 12.3. The Morgan fingerprint density at radius 2 is 1.68 bits per heavy atom. The molecular formula is C17H12Cl2F3N5O4. The van der Waals surface area contributed by atoms with Gasteiger partial charge in [0, 0.05) is 12.1 Å². The number of rotatable bonds is 4. The number of hydrogen-bond acceptors (Lipinski definition) is 6. The van der Waals surface area contributed by atoms with Gasteiger partial charge in [0.1, 0.15) is 0 Å². The standard InChI is InChI=1S/C17H12Cl2F3N5O4/c1-7(2)26-12(28)4-3-11(24-26)31-13-9(18)5-8(6-10(13)19)27-16(30)23-15(29)14(25-27)17(20,21)22/h3-7H,1-2H3,(H,23,29,30). The van der Waals surface area contributed by atoms with Crippen molar-refractivity contribution in [2.75, 3.05) is 0 Å². The molecule has 0 saturated heterocycles. The average molecular weight is 478 g/mol. The van der Waals surface area contributed by atoms with Gasteiger partial charge < -0.3 is 4.74 Å². The second-order valence-electron chi connectivity index (χ2n) is 6.41. The van der Waals surface area contributed by atoms with Gasteiger partial charge in [0.2, 0.25) is 11.6 Å². The molecule has 3 aromatic rings. The number of nitrogens with one attached hydrogen (secondary N) is 1. The predicted octanol–water partition coefficient (Wildman–Crippen LogP) is 3.18. The summed E-state index contributed by atoms with van der Waals surface area (Å²) in [7, 11) is 0. The molecule has 0 aliphatic heterocycles. The Morgan fingerprint density at radius 3 is 2.23 bits per heavy atom. The van der Waals surface area contributed by atoms with Crippen LogP contribution in [0.5, 0.6) is 11.6 Å². The van der Waals surface area contributed by atoms with Gasteiger partial charge in [-0.1, -0.05) is 23.2 Å². The maximum absolute atomic E-state index is 13.0. The number of alkyl halides is 3. The Labute approximate surface area is 180 Å². The zero-order valence-electron chi connectivity index (χ0n) is 15.7. The monoisotopic (exact) mass is 477 g/mol. The minimum atomic E-state index is -5.09. The number of ether oxygens (including phenoxy) is 1. The molecule has 31 heavy (non-hydrogen) atoms. The van der Waals surface area contributed by atoms with E-state index in [4.69, 9.17) is 27.9 Å². The molecule has 0 aliphatic carbocycles. The fourth-order valence-electron chi connectivity index (χ4n) is 2.46. The number of halogens is 5. The van der Waals surface area contributed by atoms with E-state index in [-0.39, 0.29) is 39.0 Å². The van der Waals surface area contributed by atoms with Gasteiger partial charge in [0.15, 0.2) is 5.75 Å². The minimum absolute atomic E-state index is 0.0245. The molecule has 0 spiro atoms. The first-order chi connectivity index (χ1) is 14.4. The first kappa shape index (κ1) is 22.6. The van der Waals surface area contributed by atoms with Crippen molar-refractivity contribution in [1.29, 1.82) is 0 Å². The smallest absolute Gasteiger partial charge is 0.434 e. The van der Waals surface area contributed by atoms with Crippen LogP contribution in [0.4, 0.5) is 13.2 Å². The lowest BCUT2D eigenvalue weighted by Crippen LogP contribution is -2.37. The molecule has 1 N–H and O–H groups in total. The maximum Gasteiger partial charge on any atom is 0.440 e. The lowest BCUT2D eigenvalue weighted by molar-refractivity contribution is -0.143. The van der Waals surface area contributed by atoms with E-state index in [2.05, 4.69) is 10.2 Å². The Hall–Kier alpha value is -3.12. The van der Waals surface area contributed by atoms with Gasteiger partial charge in [-0.2, -0.15) is 23.0 Å². The quantitative estimate of drug-likeness (QED) is 0.617. The van der Waals surface area contributed by atoms with Crippen LogP contribution >= 0.6 is 23.2 Å². The highest BCUT2D eigenvalue weighted by Crippen LogP contribution is 2.37. The lowest BCUT2D eigenvalue weighted by Gasteiger charge is -2.14. The van der Waals surface area contributed by atoms with E-state index in [1.807, 2.05) is 0 Å². The van der Waals surface area contributed by atoms with Gasteiger partial charge >= 0.3 is 11.9 Å². The average Bonchev–Trinajstić information content (AvgIpc) is 2.64. The van der Waals surface area contributed by atoms with Gasteiger partial charge in [-0.05, 0) is 26.0 Å². The summed E-state index contributed by atoms with van der Waals surface area (Å²) in [6.07, 6.45) is -5.09. The van der Waals surface area contributed by atoms with Gasteiger partial charge in [-0.15, -0.1) is 5.10 Å². The van der Waals surface area contributed by atoms with E-state index in [0.717, 1.165) is 16.8 Å². The molecule has 0 saturated carbocycles. The van der Waals surface area contributed by atoms with Crippen LogP contribution in [0.1, 0.15) is 25.6 Å². The van der Waals surface area contributed by atoms with E-state index in [1.165, 1.54) is 17.1 Å². The van der Waals surface area contributed by atoms with Crippen LogP contribution in [0.2, 0.25) is 10.0 Å². The van der Waals surface area contributed by atoms with Crippen LogP contribution in [0.25, 0.3) is 5.69 Å². The third-order valence-corrected chi connectivity index (χ3v) is 4.38. The predicted molar refractivity (Wildman–Crippen MR) is 104 cm³/mol. The fraction of sp³-hybridized carbons (Fsp3) is 0.235. The zero-order chi connectivity index (χ0) is 23.1. The second kappa shape index (κ2) is 8.19. The summed E-state index contributed by atoms with van der Waals surface area (Å²) in [5.41, 5.74) is -5.35. The van der Waals surface area contributed by atoms with Crippen molar-refractivity contribution in [3.05, 3.63) is 71.2 Å². The molecule has 0 atom stereocenters. The van der Waals surface area contributed by atoms with E-state index < -0.39 is 23.1 Å². The van der Waals surface area contributed by atoms with Crippen LogP contribution < -0.4 is 21.5 Å². The highest BCUT2D eigenvalue weighted by molar-refractivity contribution is 6.37. The van der Waals surface area contributed by atoms with Crippen molar-refractivity contribution in [3.63, 3.8) is 0 Å². The first-order valence-corrected chi connectivity index (χ1v) is 9.22. The van der Waals surface area contributed by atoms with Crippen molar-refractivity contribution in [3.8, 4) is 17.3 Å². The minimum Gasteiger partial charge on any atom is -0.434 e. The van der Waals surface area contributed by atoms with E-state index in [9.17, 15) is 27.6 Å². The Bertz CT molecular complexity index is 1310. The zero-order valence-corrected chi connectivity index (χ0v) is 17.2. The van der Waals surface area contributed by atoms with Crippen LogP contribution in [0.15, 0.2) is 38.6 Å². The van der Waals surface area contributed by atoms with Gasteiger partial charge in [0.05, 0.1) is 21.8 Å². The molecule has 14 heteroatoms. The van der Waals surface area contributed by atoms with Crippen LogP contribution in [-0.2, 0) is 6.18 Å². The molecule has 0 radical (unpaired) electrons. The summed E-state index contributed by atoms with van der Waals surface area (Å²) in [5.74, 6) is -0.148. The highest BCUT2D eigenvalue weighted by Gasteiger charge is 2.37. The maximum atomic E-state index is 13.0. The number of hydrogen-bond donors (Lipinski definition) is 1. The number of nitrogens with zero attached hydrogens (tertiary/aromatic N) is 4. The molecule has 2 aromatic heterocycles. The molecule has 2 heterocycles. The third-order valence-electron chi connectivity index (χ3n) is 3.82. The summed E-state index contributed by atoms with van der Waals surface area (Å²) in [5, 5.41) is 6.71. The van der Waals surface area contributed by atoms with Gasteiger partial charge in [0.25, 0.3) is 11.1 Å². The number of aromatic nitrogens is 5. The lowest BCUT2D eigenvalue weighted by atomic mass is 10.3. The first-order valence-electron chi connectivity index (χ1n) is 8.46. The molecule has 0 unspecified atom stereocenters. The highest BCUT2D eigenvalue weighted by atomic mass is 35.5. The molecule has 0 aliphatic rings. The summed E-state index contributed by atoms with van der Waals surface area (Å²) < 4.78 is 45.9. The summed E-state index contributed by atoms with van der Waals surface area (Å²) in [6.45, 7) is 3.47. The largest absolute Gasteiger partial charge is 0.440 e. The number of benzene rings is 1. The fourth-order valence-corrected chi connectivity index (χ4v) is 3.02. The normalized spacial score (nSPS) is 11.7.